The number of furan rings is 1. The number of hydrogen-bond donors (Lipinski definition) is 0. The topological polar surface area (TPSA) is 51.8 Å². The second-order valence-electron chi connectivity index (χ2n) is 11.9. The van der Waals surface area contributed by atoms with Crippen LogP contribution in [0, 0.1) is 32.8 Å². The van der Waals surface area contributed by atoms with Gasteiger partial charge in [-0.15, -0.1) is 53.6 Å². The maximum absolute atomic E-state index is 7.28. The minimum absolute atomic E-state index is 0. The molecular formula is C46H33IrN3O-2. The van der Waals surface area contributed by atoms with Crippen LogP contribution in [0.4, 0.5) is 0 Å². The quantitative estimate of drug-likeness (QED) is 0.166. The van der Waals surface area contributed by atoms with Crippen LogP contribution in [0.2, 0.25) is 0 Å². The molecule has 9 aromatic rings. The normalized spacial score (nSPS) is 13.1. The van der Waals surface area contributed by atoms with Crippen molar-refractivity contribution in [2.75, 3.05) is 0 Å². The van der Waals surface area contributed by atoms with E-state index < -0.39 is 13.7 Å². The second-order valence-corrected chi connectivity index (χ2v) is 11.9. The first-order valence-electron chi connectivity index (χ1n) is 19.2. The van der Waals surface area contributed by atoms with Crippen molar-refractivity contribution in [3.05, 3.63) is 175 Å². The van der Waals surface area contributed by atoms with Gasteiger partial charge in [0, 0.05) is 69.5 Å². The number of pyridine rings is 3. The maximum Gasteiger partial charge on any atom is 0.129 e. The Bertz CT molecular complexity index is 2770. The molecule has 4 aromatic heterocycles. The molecule has 0 atom stereocenters. The van der Waals surface area contributed by atoms with E-state index in [0.29, 0.717) is 11.3 Å². The first-order valence-corrected chi connectivity index (χ1v) is 16.2. The van der Waals surface area contributed by atoms with Crippen LogP contribution in [0.5, 0.6) is 0 Å². The minimum Gasteiger partial charge on any atom is -0.500 e. The van der Waals surface area contributed by atoms with E-state index in [1.54, 1.807) is 18.3 Å². The minimum atomic E-state index is -2.18. The van der Waals surface area contributed by atoms with Gasteiger partial charge >= 0.3 is 0 Å². The summed E-state index contributed by atoms with van der Waals surface area (Å²) in [4.78, 5) is 13.2. The summed E-state index contributed by atoms with van der Waals surface area (Å²) in [5, 5.41) is 4.46. The molecule has 0 saturated heterocycles. The molecule has 4 heterocycles. The molecule has 0 aliphatic heterocycles. The third-order valence-electron chi connectivity index (χ3n) is 8.73. The molecule has 249 valence electrons. The number of nitrogens with zero attached hydrogens (tertiary/aromatic N) is 3. The SMILES string of the molecule is Cc1cncc2c(-c3ccc(-c4ccccc4)c4c3oc3c(-c5ccccn5)[c-]ccc34)cccc12.[2H]C([2H])([2H])c1c[c-]c(-c2ccc(C([2H])([2H])[2H])cn2)cc1.[Ir]. The van der Waals surface area contributed by atoms with E-state index in [0.717, 1.165) is 66.4 Å². The van der Waals surface area contributed by atoms with Gasteiger partial charge in [-0.3, -0.25) is 4.98 Å². The van der Waals surface area contributed by atoms with Crippen molar-refractivity contribution >= 4 is 32.7 Å². The van der Waals surface area contributed by atoms with Crippen LogP contribution in [-0.4, -0.2) is 15.0 Å². The fraction of sp³-hybridized carbons (Fsp3) is 0.0652. The fourth-order valence-electron chi connectivity index (χ4n) is 6.33. The summed E-state index contributed by atoms with van der Waals surface area (Å²) in [6.45, 7) is -2.24. The van der Waals surface area contributed by atoms with Gasteiger partial charge in [0.05, 0.1) is 5.58 Å². The van der Waals surface area contributed by atoms with Gasteiger partial charge in [-0.2, -0.15) is 0 Å². The monoisotopic (exact) mass is 842 g/mol. The third kappa shape index (κ3) is 6.62. The largest absolute Gasteiger partial charge is 0.500 e. The van der Waals surface area contributed by atoms with Crippen LogP contribution >= 0.6 is 0 Å². The molecule has 0 amide bonds. The number of fused-ring (bicyclic) bond motifs is 4. The van der Waals surface area contributed by atoms with Crippen LogP contribution < -0.4 is 0 Å². The fourth-order valence-corrected chi connectivity index (χ4v) is 6.33. The molecule has 0 bridgehead atoms. The smallest absolute Gasteiger partial charge is 0.129 e. The van der Waals surface area contributed by atoms with Crippen LogP contribution in [0.25, 0.3) is 77.5 Å². The second kappa shape index (κ2) is 14.6. The Kier molecular flexibility index (Phi) is 7.75. The summed E-state index contributed by atoms with van der Waals surface area (Å²) in [6.07, 6.45) is 6.96. The van der Waals surface area contributed by atoms with E-state index in [-0.39, 0.29) is 31.2 Å². The molecule has 0 aliphatic carbocycles. The Hall–Kier alpha value is -5.74. The zero-order valence-electron chi connectivity index (χ0n) is 33.4. The summed E-state index contributed by atoms with van der Waals surface area (Å²) in [7, 11) is 0. The van der Waals surface area contributed by atoms with Gasteiger partial charge in [0.15, 0.2) is 0 Å². The summed E-state index contributed by atoms with van der Waals surface area (Å²) in [5.74, 6) is 0. The first kappa shape index (κ1) is 27.0. The third-order valence-corrected chi connectivity index (χ3v) is 8.73. The molecule has 0 spiro atoms. The van der Waals surface area contributed by atoms with Gasteiger partial charge in [0.1, 0.15) is 5.58 Å². The molecule has 5 aromatic carbocycles. The van der Waals surface area contributed by atoms with Gasteiger partial charge in [-0.05, 0) is 70.5 Å². The molecule has 0 unspecified atom stereocenters. The zero-order valence-corrected chi connectivity index (χ0v) is 29.8. The Morgan fingerprint density at radius 3 is 2.22 bits per heavy atom. The Labute approximate surface area is 319 Å². The van der Waals surface area contributed by atoms with Crippen molar-refractivity contribution in [2.24, 2.45) is 0 Å². The first-order chi connectivity index (χ1) is 27.0. The molecule has 5 heteroatoms. The molecule has 51 heavy (non-hydrogen) atoms. The number of benzene rings is 5. The standard InChI is InChI=1S/C33H21N2O.C13H12N.Ir/c1-21-19-34-20-29-23(21)11-7-12-25(29)26-17-16-24(22-9-3-2-4-10-22)31-28-14-8-13-27(32(28)36-33(26)31)30-15-5-6-18-35-30;1-10-3-6-12(7-4-10)13-8-5-11(2)9-14-13;/h2-12,14-20H,1H3;3-6,8-9H,1-2H3;/q2*-1;/i;1D3,2D3;. The van der Waals surface area contributed by atoms with E-state index in [9.17, 15) is 0 Å². The van der Waals surface area contributed by atoms with Crippen molar-refractivity contribution in [1.29, 1.82) is 0 Å². The summed E-state index contributed by atoms with van der Waals surface area (Å²) < 4.78 is 50.4. The molecular weight excluding hydrogens is 803 g/mol. The molecule has 0 aliphatic rings. The number of rotatable bonds is 4. The number of aryl methyl sites for hydroxylation is 3. The van der Waals surface area contributed by atoms with Crippen molar-refractivity contribution in [1.82, 2.24) is 15.0 Å². The molecule has 1 radical (unpaired) electrons. The Balaban J connectivity index is 0.000000202. The van der Waals surface area contributed by atoms with E-state index in [1.165, 1.54) is 29.8 Å². The molecule has 4 nitrogen and oxygen atoms in total. The van der Waals surface area contributed by atoms with Gasteiger partial charge in [-0.25, -0.2) is 0 Å². The van der Waals surface area contributed by atoms with Crippen molar-refractivity contribution in [2.45, 2.75) is 20.6 Å². The van der Waals surface area contributed by atoms with E-state index in [2.05, 4.69) is 94.7 Å². The van der Waals surface area contributed by atoms with Gasteiger partial charge in [0.25, 0.3) is 0 Å². The van der Waals surface area contributed by atoms with Crippen LogP contribution in [0.1, 0.15) is 24.9 Å². The maximum atomic E-state index is 7.28. The molecule has 9 rings (SSSR count). The van der Waals surface area contributed by atoms with Crippen LogP contribution in [0.15, 0.2) is 151 Å². The van der Waals surface area contributed by atoms with E-state index >= 15 is 0 Å². The van der Waals surface area contributed by atoms with Gasteiger partial charge in [0.2, 0.25) is 0 Å². The number of aromatic nitrogens is 3. The Morgan fingerprint density at radius 1 is 0.608 bits per heavy atom. The van der Waals surface area contributed by atoms with Crippen molar-refractivity contribution in [3.63, 3.8) is 0 Å². The van der Waals surface area contributed by atoms with E-state index in [4.69, 9.17) is 12.6 Å². The molecule has 0 fully saturated rings. The summed E-state index contributed by atoms with van der Waals surface area (Å²) in [5.41, 5.74) is 10.5. The van der Waals surface area contributed by atoms with Crippen LogP contribution in [0.3, 0.4) is 0 Å². The predicted molar refractivity (Wildman–Crippen MR) is 205 cm³/mol. The van der Waals surface area contributed by atoms with Gasteiger partial charge in [-0.1, -0.05) is 96.7 Å². The number of hydrogen-bond acceptors (Lipinski definition) is 4. The average Bonchev–Trinajstić information content (AvgIpc) is 3.61. The van der Waals surface area contributed by atoms with Crippen LogP contribution in [-0.2, 0) is 20.1 Å². The van der Waals surface area contributed by atoms with Gasteiger partial charge < -0.3 is 14.4 Å². The van der Waals surface area contributed by atoms with Crippen molar-refractivity contribution < 1.29 is 32.7 Å². The molecule has 0 saturated carbocycles. The summed E-state index contributed by atoms with van der Waals surface area (Å²) >= 11 is 0. The molecule has 0 N–H and O–H groups in total. The summed E-state index contributed by atoms with van der Waals surface area (Å²) in [6, 6.07) is 45.1. The average molecular weight is 842 g/mol. The zero-order chi connectivity index (χ0) is 39.0. The Morgan fingerprint density at radius 2 is 1.45 bits per heavy atom. The van der Waals surface area contributed by atoms with Crippen molar-refractivity contribution in [3.8, 4) is 44.8 Å². The predicted octanol–water partition coefficient (Wildman–Crippen LogP) is 11.8. The van der Waals surface area contributed by atoms with E-state index in [1.807, 2.05) is 42.7 Å².